The number of nitrogens with zero attached hydrogens (tertiary/aromatic N) is 1. The van der Waals surface area contributed by atoms with Crippen LogP contribution in [0.3, 0.4) is 0 Å². The molecule has 0 amide bonds. The van der Waals surface area contributed by atoms with Crippen molar-refractivity contribution in [2.75, 3.05) is 13.1 Å². The van der Waals surface area contributed by atoms with Gasteiger partial charge in [0.25, 0.3) is 0 Å². The van der Waals surface area contributed by atoms with Crippen molar-refractivity contribution in [3.05, 3.63) is 71.5 Å². The summed E-state index contributed by atoms with van der Waals surface area (Å²) in [6.45, 7) is 3.25. The molecule has 2 aromatic rings. The van der Waals surface area contributed by atoms with Gasteiger partial charge in [0.2, 0.25) is 0 Å². The molecule has 1 aliphatic carbocycles. The number of hydrogen-bond acceptors (Lipinski definition) is 1. The average Bonchev–Trinajstić information content (AvgIpc) is 2.50. The molecule has 0 spiro atoms. The number of rotatable bonds is 3. The number of benzene rings is 2. The standard InChI is InChI=1S/C19H20FN/c20-18-8-6-15(7-9-18)12-21-13-16-10-19(11-16,14-21)17-4-2-1-3-5-17/h1-9,16H,10-14H2. The Bertz CT molecular complexity index is 614. The molecular formula is C19H20FN. The van der Waals surface area contributed by atoms with E-state index in [1.54, 1.807) is 12.1 Å². The molecule has 2 saturated heterocycles. The van der Waals surface area contributed by atoms with Gasteiger partial charge < -0.3 is 0 Å². The van der Waals surface area contributed by atoms with Crippen LogP contribution in [0.1, 0.15) is 24.0 Å². The Kier molecular flexibility index (Phi) is 3.07. The number of hydrogen-bond donors (Lipinski definition) is 0. The molecule has 21 heavy (non-hydrogen) atoms. The van der Waals surface area contributed by atoms with Crippen LogP contribution >= 0.6 is 0 Å². The molecule has 3 aliphatic rings. The van der Waals surface area contributed by atoms with E-state index in [0.29, 0.717) is 5.41 Å². The second-order valence-corrected chi connectivity index (χ2v) is 6.72. The SMILES string of the molecule is Fc1ccc(CN2CC3CC(c4ccccc4)(C3)C2)cc1. The Labute approximate surface area is 125 Å². The largest absolute Gasteiger partial charge is 0.298 e. The van der Waals surface area contributed by atoms with Crippen molar-refractivity contribution in [1.29, 1.82) is 0 Å². The Hall–Kier alpha value is -1.67. The molecular weight excluding hydrogens is 261 g/mol. The molecule has 2 aliphatic heterocycles. The second kappa shape index (κ2) is 4.96. The van der Waals surface area contributed by atoms with Gasteiger partial charge in [0.1, 0.15) is 5.82 Å². The molecule has 3 fully saturated rings. The van der Waals surface area contributed by atoms with E-state index in [1.165, 1.54) is 30.5 Å². The fourth-order valence-corrected chi connectivity index (χ4v) is 4.25. The highest BCUT2D eigenvalue weighted by molar-refractivity contribution is 5.31. The van der Waals surface area contributed by atoms with Gasteiger partial charge in [-0.3, -0.25) is 4.90 Å². The maximum Gasteiger partial charge on any atom is 0.123 e. The van der Waals surface area contributed by atoms with E-state index in [-0.39, 0.29) is 5.82 Å². The summed E-state index contributed by atoms with van der Waals surface area (Å²) in [4.78, 5) is 2.54. The van der Waals surface area contributed by atoms with Crippen LogP contribution in [0.25, 0.3) is 0 Å². The molecule has 2 aromatic carbocycles. The zero-order valence-electron chi connectivity index (χ0n) is 12.1. The molecule has 0 aromatic heterocycles. The second-order valence-electron chi connectivity index (χ2n) is 6.72. The lowest BCUT2D eigenvalue weighted by Crippen LogP contribution is -2.58. The van der Waals surface area contributed by atoms with E-state index in [0.717, 1.165) is 19.0 Å². The van der Waals surface area contributed by atoms with Gasteiger partial charge in [0.15, 0.2) is 0 Å². The zero-order chi connectivity index (χ0) is 14.3. The van der Waals surface area contributed by atoms with Gasteiger partial charge in [-0.2, -0.15) is 0 Å². The van der Waals surface area contributed by atoms with E-state index >= 15 is 0 Å². The van der Waals surface area contributed by atoms with Crippen molar-refractivity contribution in [3.8, 4) is 0 Å². The maximum absolute atomic E-state index is 13.0. The van der Waals surface area contributed by atoms with Crippen molar-refractivity contribution in [2.45, 2.75) is 24.8 Å². The lowest BCUT2D eigenvalue weighted by molar-refractivity contribution is -0.00802. The summed E-state index contributed by atoms with van der Waals surface area (Å²) in [7, 11) is 0. The minimum Gasteiger partial charge on any atom is -0.298 e. The summed E-state index contributed by atoms with van der Waals surface area (Å²) in [6, 6.07) is 17.9. The lowest BCUT2D eigenvalue weighted by Gasteiger charge is -2.57. The van der Waals surface area contributed by atoms with Gasteiger partial charge in [0, 0.05) is 25.0 Å². The highest BCUT2D eigenvalue weighted by atomic mass is 19.1. The number of piperidine rings is 2. The lowest BCUT2D eigenvalue weighted by atomic mass is 9.56. The Morgan fingerprint density at radius 2 is 1.71 bits per heavy atom. The monoisotopic (exact) mass is 281 g/mol. The predicted octanol–water partition coefficient (Wildman–Crippen LogP) is 3.99. The summed E-state index contributed by atoms with van der Waals surface area (Å²) >= 11 is 0. The average molecular weight is 281 g/mol. The van der Waals surface area contributed by atoms with E-state index in [4.69, 9.17) is 0 Å². The molecule has 2 bridgehead atoms. The minimum absolute atomic E-state index is 0.152. The molecule has 0 N–H and O–H groups in total. The highest BCUT2D eigenvalue weighted by Crippen LogP contribution is 2.52. The number of halogens is 1. The molecule has 108 valence electrons. The summed E-state index contributed by atoms with van der Waals surface area (Å²) in [5.41, 5.74) is 3.07. The van der Waals surface area contributed by atoms with Crippen LogP contribution in [-0.4, -0.2) is 18.0 Å². The van der Waals surface area contributed by atoms with Crippen LogP contribution in [-0.2, 0) is 12.0 Å². The molecule has 0 atom stereocenters. The molecule has 5 rings (SSSR count). The maximum atomic E-state index is 13.0. The number of fused-ring (bicyclic) bond motifs is 2. The van der Waals surface area contributed by atoms with Gasteiger partial charge in [-0.1, -0.05) is 42.5 Å². The Balaban J connectivity index is 1.51. The first-order valence-corrected chi connectivity index (χ1v) is 7.76. The van der Waals surface area contributed by atoms with Gasteiger partial charge >= 0.3 is 0 Å². The smallest absolute Gasteiger partial charge is 0.123 e. The fourth-order valence-electron chi connectivity index (χ4n) is 4.25. The minimum atomic E-state index is -0.152. The van der Waals surface area contributed by atoms with E-state index < -0.39 is 0 Å². The fraction of sp³-hybridized carbons (Fsp3) is 0.368. The summed E-state index contributed by atoms with van der Waals surface area (Å²) in [5.74, 6) is 0.681. The third-order valence-corrected chi connectivity index (χ3v) is 5.11. The first kappa shape index (κ1) is 13.0. The molecule has 2 heterocycles. The predicted molar refractivity (Wildman–Crippen MR) is 82.5 cm³/mol. The summed E-state index contributed by atoms with van der Waals surface area (Å²) < 4.78 is 13.0. The Morgan fingerprint density at radius 3 is 2.43 bits per heavy atom. The quantitative estimate of drug-likeness (QED) is 0.822. The topological polar surface area (TPSA) is 3.24 Å². The van der Waals surface area contributed by atoms with Crippen LogP contribution in [0, 0.1) is 11.7 Å². The van der Waals surface area contributed by atoms with Crippen molar-refractivity contribution in [2.24, 2.45) is 5.92 Å². The molecule has 0 unspecified atom stereocenters. The third-order valence-electron chi connectivity index (χ3n) is 5.11. The van der Waals surface area contributed by atoms with Gasteiger partial charge in [-0.25, -0.2) is 4.39 Å². The molecule has 2 heteroatoms. The van der Waals surface area contributed by atoms with Crippen LogP contribution in [0.5, 0.6) is 0 Å². The van der Waals surface area contributed by atoms with Gasteiger partial charge in [-0.15, -0.1) is 0 Å². The van der Waals surface area contributed by atoms with Gasteiger partial charge in [0.05, 0.1) is 0 Å². The van der Waals surface area contributed by atoms with E-state index in [1.807, 2.05) is 12.1 Å². The Morgan fingerprint density at radius 1 is 1.00 bits per heavy atom. The summed E-state index contributed by atoms with van der Waals surface area (Å²) in [6.07, 6.45) is 2.66. The van der Waals surface area contributed by atoms with E-state index in [9.17, 15) is 4.39 Å². The van der Waals surface area contributed by atoms with Crippen molar-refractivity contribution < 1.29 is 4.39 Å². The van der Waals surface area contributed by atoms with E-state index in [2.05, 4.69) is 35.2 Å². The highest BCUT2D eigenvalue weighted by Gasteiger charge is 2.50. The molecule has 1 saturated carbocycles. The summed E-state index contributed by atoms with van der Waals surface area (Å²) in [5, 5.41) is 0. The van der Waals surface area contributed by atoms with Crippen LogP contribution in [0.4, 0.5) is 4.39 Å². The van der Waals surface area contributed by atoms with Crippen molar-refractivity contribution in [3.63, 3.8) is 0 Å². The third kappa shape index (κ3) is 2.38. The van der Waals surface area contributed by atoms with Crippen LogP contribution in [0.2, 0.25) is 0 Å². The first-order chi connectivity index (χ1) is 10.2. The van der Waals surface area contributed by atoms with Crippen molar-refractivity contribution >= 4 is 0 Å². The van der Waals surface area contributed by atoms with Crippen molar-refractivity contribution in [1.82, 2.24) is 4.90 Å². The van der Waals surface area contributed by atoms with Gasteiger partial charge in [-0.05, 0) is 42.0 Å². The normalized spacial score (nSPS) is 28.1. The van der Waals surface area contributed by atoms with Crippen LogP contribution < -0.4 is 0 Å². The molecule has 1 nitrogen and oxygen atoms in total. The zero-order valence-corrected chi connectivity index (χ0v) is 12.1. The van der Waals surface area contributed by atoms with Crippen LogP contribution in [0.15, 0.2) is 54.6 Å². The first-order valence-electron chi connectivity index (χ1n) is 7.76. The molecule has 0 radical (unpaired) electrons.